The first kappa shape index (κ1) is 10.4. The van der Waals surface area contributed by atoms with Gasteiger partial charge >= 0.3 is 0 Å². The van der Waals surface area contributed by atoms with Gasteiger partial charge in [0.15, 0.2) is 0 Å². The van der Waals surface area contributed by atoms with Crippen LogP contribution in [0.2, 0.25) is 0 Å². The summed E-state index contributed by atoms with van der Waals surface area (Å²) in [6.07, 6.45) is 4.04. The fourth-order valence-electron chi connectivity index (χ4n) is 3.79. The van der Waals surface area contributed by atoms with Gasteiger partial charge in [0.05, 0.1) is 0 Å². The third-order valence-corrected chi connectivity index (χ3v) is 4.88. The van der Waals surface area contributed by atoms with Crippen molar-refractivity contribution in [2.24, 2.45) is 0 Å². The molecule has 0 nitrogen and oxygen atoms in total. The third-order valence-electron chi connectivity index (χ3n) is 4.88. The summed E-state index contributed by atoms with van der Waals surface area (Å²) in [6, 6.07) is 14.0. The van der Waals surface area contributed by atoms with E-state index in [1.807, 2.05) is 0 Å². The molecule has 0 aliphatic heterocycles. The van der Waals surface area contributed by atoms with Gasteiger partial charge in [-0.15, -0.1) is 0 Å². The monoisotopic (exact) mass is 234 g/mol. The highest BCUT2D eigenvalue weighted by Crippen LogP contribution is 2.58. The Balaban J connectivity index is 2.07. The van der Waals surface area contributed by atoms with Crippen LogP contribution in [0.15, 0.2) is 36.4 Å². The Morgan fingerprint density at radius 2 is 1.28 bits per heavy atom. The maximum absolute atomic E-state index is 2.42. The minimum absolute atomic E-state index is 0.364. The SMILES string of the molecule is Cc1ccc2c(c1)C1(CCC1)c1cc(C)ccc1-2. The van der Waals surface area contributed by atoms with Crippen LogP contribution in [0, 0.1) is 13.8 Å². The molecular weight excluding hydrogens is 216 g/mol. The zero-order valence-electron chi connectivity index (χ0n) is 11.1. The van der Waals surface area contributed by atoms with Gasteiger partial charge in [-0.3, -0.25) is 0 Å². The Morgan fingerprint density at radius 3 is 1.67 bits per heavy atom. The summed E-state index contributed by atoms with van der Waals surface area (Å²) in [6.45, 7) is 4.42. The minimum atomic E-state index is 0.364. The second kappa shape index (κ2) is 3.26. The van der Waals surface area contributed by atoms with E-state index in [2.05, 4.69) is 50.2 Å². The van der Waals surface area contributed by atoms with Crippen molar-refractivity contribution in [3.63, 3.8) is 0 Å². The van der Waals surface area contributed by atoms with Crippen LogP contribution >= 0.6 is 0 Å². The van der Waals surface area contributed by atoms with Crippen LogP contribution in [0.5, 0.6) is 0 Å². The highest BCUT2D eigenvalue weighted by atomic mass is 14.5. The van der Waals surface area contributed by atoms with Crippen molar-refractivity contribution < 1.29 is 0 Å². The smallest absolute Gasteiger partial charge is 0.0215 e. The van der Waals surface area contributed by atoms with Crippen LogP contribution in [0.4, 0.5) is 0 Å². The van der Waals surface area contributed by atoms with Crippen molar-refractivity contribution in [1.29, 1.82) is 0 Å². The molecule has 0 unspecified atom stereocenters. The van der Waals surface area contributed by atoms with E-state index in [1.54, 1.807) is 11.1 Å². The Labute approximate surface area is 109 Å². The lowest BCUT2D eigenvalue weighted by atomic mass is 9.62. The third kappa shape index (κ3) is 1.11. The van der Waals surface area contributed by atoms with Crippen LogP contribution in [-0.2, 0) is 5.41 Å². The molecule has 0 aromatic heterocycles. The topological polar surface area (TPSA) is 0 Å². The number of aryl methyl sites for hydroxylation is 2. The van der Waals surface area contributed by atoms with Gasteiger partial charge < -0.3 is 0 Å². The van der Waals surface area contributed by atoms with E-state index in [4.69, 9.17) is 0 Å². The largest absolute Gasteiger partial charge is 0.0587 e. The Kier molecular flexibility index (Phi) is 1.88. The summed E-state index contributed by atoms with van der Waals surface area (Å²) in [5.41, 5.74) is 9.30. The standard InChI is InChI=1S/C18H18/c1-12-4-6-14-15-7-5-13(2)11-17(15)18(8-3-9-18)16(14)10-12/h4-7,10-11H,3,8-9H2,1-2H3. The molecule has 1 saturated carbocycles. The summed E-state index contributed by atoms with van der Waals surface area (Å²) >= 11 is 0. The first-order chi connectivity index (χ1) is 8.71. The summed E-state index contributed by atoms with van der Waals surface area (Å²) in [7, 11) is 0. The Hall–Kier alpha value is -1.56. The normalized spacial score (nSPS) is 18.3. The highest BCUT2D eigenvalue weighted by Gasteiger charge is 2.47. The molecule has 0 radical (unpaired) electrons. The first-order valence-corrected chi connectivity index (χ1v) is 6.93. The molecule has 1 spiro atoms. The zero-order valence-corrected chi connectivity index (χ0v) is 11.1. The molecule has 2 aromatic rings. The lowest BCUT2D eigenvalue weighted by Crippen LogP contribution is -2.33. The molecular formula is C18H18. The van der Waals surface area contributed by atoms with Crippen LogP contribution in [0.25, 0.3) is 11.1 Å². The second-order valence-corrected chi connectivity index (χ2v) is 6.03. The fraction of sp³-hybridized carbons (Fsp3) is 0.333. The van der Waals surface area contributed by atoms with E-state index in [0.717, 1.165) is 0 Å². The molecule has 0 N–H and O–H groups in total. The molecule has 0 heterocycles. The van der Waals surface area contributed by atoms with Gasteiger partial charge in [0.25, 0.3) is 0 Å². The average molecular weight is 234 g/mol. The highest BCUT2D eigenvalue weighted by molar-refractivity contribution is 5.82. The van der Waals surface area contributed by atoms with E-state index < -0.39 is 0 Å². The molecule has 18 heavy (non-hydrogen) atoms. The molecule has 1 fully saturated rings. The molecule has 0 heteroatoms. The predicted octanol–water partition coefficient (Wildman–Crippen LogP) is 4.75. The predicted molar refractivity (Wildman–Crippen MR) is 76.0 cm³/mol. The van der Waals surface area contributed by atoms with Crippen molar-refractivity contribution in [2.45, 2.75) is 38.5 Å². The van der Waals surface area contributed by atoms with E-state index in [9.17, 15) is 0 Å². The van der Waals surface area contributed by atoms with Crippen molar-refractivity contribution in [3.05, 3.63) is 58.7 Å². The number of fused-ring (bicyclic) bond motifs is 5. The number of hydrogen-bond acceptors (Lipinski definition) is 0. The quantitative estimate of drug-likeness (QED) is 0.617. The Bertz CT molecular complexity index is 592. The molecule has 0 saturated heterocycles. The number of rotatable bonds is 0. The van der Waals surface area contributed by atoms with Gasteiger partial charge in [-0.25, -0.2) is 0 Å². The van der Waals surface area contributed by atoms with Gasteiger partial charge in [-0.1, -0.05) is 53.9 Å². The molecule has 4 rings (SSSR count). The molecule has 0 amide bonds. The zero-order chi connectivity index (χ0) is 12.3. The first-order valence-electron chi connectivity index (χ1n) is 6.93. The number of hydrogen-bond donors (Lipinski definition) is 0. The van der Waals surface area contributed by atoms with Gasteiger partial charge in [-0.05, 0) is 48.9 Å². The maximum Gasteiger partial charge on any atom is 0.0215 e. The van der Waals surface area contributed by atoms with Crippen LogP contribution in [-0.4, -0.2) is 0 Å². The van der Waals surface area contributed by atoms with E-state index in [-0.39, 0.29) is 0 Å². The summed E-state index contributed by atoms with van der Waals surface area (Å²) < 4.78 is 0. The van der Waals surface area contributed by atoms with Gasteiger partial charge in [0, 0.05) is 5.41 Å². The minimum Gasteiger partial charge on any atom is -0.0587 e. The van der Waals surface area contributed by atoms with Crippen LogP contribution in [0.1, 0.15) is 41.5 Å². The van der Waals surface area contributed by atoms with Gasteiger partial charge in [-0.2, -0.15) is 0 Å². The molecule has 0 bridgehead atoms. The second-order valence-electron chi connectivity index (χ2n) is 6.03. The molecule has 0 atom stereocenters. The molecule has 2 aromatic carbocycles. The van der Waals surface area contributed by atoms with E-state index >= 15 is 0 Å². The molecule has 2 aliphatic carbocycles. The summed E-state index contributed by atoms with van der Waals surface area (Å²) in [5, 5.41) is 0. The maximum atomic E-state index is 2.42. The van der Waals surface area contributed by atoms with Crippen molar-refractivity contribution >= 4 is 0 Å². The molecule has 2 aliphatic rings. The fourth-order valence-corrected chi connectivity index (χ4v) is 3.79. The van der Waals surface area contributed by atoms with E-state index in [0.29, 0.717) is 5.41 Å². The number of benzene rings is 2. The molecule has 90 valence electrons. The van der Waals surface area contributed by atoms with Gasteiger partial charge in [0.2, 0.25) is 0 Å². The summed E-state index contributed by atoms with van der Waals surface area (Å²) in [5.74, 6) is 0. The van der Waals surface area contributed by atoms with Crippen molar-refractivity contribution in [3.8, 4) is 11.1 Å². The lowest BCUT2D eigenvalue weighted by molar-refractivity contribution is 0.308. The van der Waals surface area contributed by atoms with Crippen LogP contribution < -0.4 is 0 Å². The van der Waals surface area contributed by atoms with Crippen molar-refractivity contribution in [2.75, 3.05) is 0 Å². The Morgan fingerprint density at radius 1 is 0.778 bits per heavy atom. The average Bonchev–Trinajstić information content (AvgIpc) is 2.57. The van der Waals surface area contributed by atoms with Crippen LogP contribution in [0.3, 0.4) is 0 Å². The van der Waals surface area contributed by atoms with Gasteiger partial charge in [0.1, 0.15) is 0 Å². The van der Waals surface area contributed by atoms with E-state index in [1.165, 1.54) is 41.5 Å². The van der Waals surface area contributed by atoms with Crippen molar-refractivity contribution in [1.82, 2.24) is 0 Å². The lowest BCUT2D eigenvalue weighted by Gasteiger charge is -2.40. The summed E-state index contributed by atoms with van der Waals surface area (Å²) in [4.78, 5) is 0.